The maximum atomic E-state index is 12.0. The van der Waals surface area contributed by atoms with Crippen molar-refractivity contribution >= 4 is 11.5 Å². The molecule has 0 radical (unpaired) electrons. The van der Waals surface area contributed by atoms with Gasteiger partial charge in [-0.2, -0.15) is 0 Å². The standard InChI is InChI=1S/C25H31NO3.ClH/c1-3-29-25(27)22-13-9-15-26(18-22)16-17-28-19-24(21-11-5-4-6-12-21)23-14-8-7-10-20(23)2;/h4-8,10-12,14,19,22H,3,9,13,15-18H2,1-2H3;1H/b24-19-;/t22-;/m1./s1. The summed E-state index contributed by atoms with van der Waals surface area (Å²) >= 11 is 0. The van der Waals surface area contributed by atoms with Crippen LogP contribution in [0.2, 0.25) is 0 Å². The van der Waals surface area contributed by atoms with E-state index in [1.165, 1.54) is 16.0 Å². The molecule has 0 amide bonds. The van der Waals surface area contributed by atoms with Crippen LogP contribution >= 0.6 is 0 Å². The Morgan fingerprint density at radius 1 is 1.13 bits per heavy atom. The lowest BCUT2D eigenvalue weighted by Crippen LogP contribution is -3.14. The highest BCUT2D eigenvalue weighted by Gasteiger charge is 2.29. The number of piperidine rings is 1. The number of ether oxygens (including phenoxy) is 2. The third-order valence-corrected chi connectivity index (χ3v) is 5.53. The average molecular weight is 430 g/mol. The van der Waals surface area contributed by atoms with Crippen molar-refractivity contribution in [3.8, 4) is 0 Å². The number of hydrogen-bond donors (Lipinski definition) is 1. The molecular formula is C25H32ClNO3. The van der Waals surface area contributed by atoms with Gasteiger partial charge in [-0.25, -0.2) is 0 Å². The Morgan fingerprint density at radius 3 is 2.60 bits per heavy atom. The first kappa shape index (κ1) is 24.0. The van der Waals surface area contributed by atoms with Crippen LogP contribution in [-0.4, -0.2) is 38.8 Å². The van der Waals surface area contributed by atoms with E-state index in [1.54, 1.807) is 0 Å². The average Bonchev–Trinajstić information content (AvgIpc) is 2.76. The molecule has 1 unspecified atom stereocenters. The number of aryl methyl sites for hydroxylation is 1. The van der Waals surface area contributed by atoms with E-state index in [-0.39, 0.29) is 24.3 Å². The van der Waals surface area contributed by atoms with Crippen LogP contribution in [0, 0.1) is 12.8 Å². The molecule has 0 spiro atoms. The van der Waals surface area contributed by atoms with Crippen molar-refractivity contribution in [1.29, 1.82) is 0 Å². The molecule has 0 aliphatic carbocycles. The van der Waals surface area contributed by atoms with Gasteiger partial charge >= 0.3 is 5.97 Å². The van der Waals surface area contributed by atoms with Crippen LogP contribution in [0.3, 0.4) is 0 Å². The number of rotatable bonds is 8. The number of benzene rings is 2. The largest absolute Gasteiger partial charge is 1.00 e. The molecule has 0 bridgehead atoms. The molecule has 3 rings (SSSR count). The molecular weight excluding hydrogens is 398 g/mol. The number of likely N-dealkylation sites (tertiary alicyclic amines) is 1. The summed E-state index contributed by atoms with van der Waals surface area (Å²) in [4.78, 5) is 13.4. The molecule has 4 nitrogen and oxygen atoms in total. The van der Waals surface area contributed by atoms with E-state index in [0.717, 1.165) is 43.6 Å². The predicted molar refractivity (Wildman–Crippen MR) is 116 cm³/mol. The third kappa shape index (κ3) is 6.61. The summed E-state index contributed by atoms with van der Waals surface area (Å²) < 4.78 is 11.2. The van der Waals surface area contributed by atoms with Crippen LogP contribution < -0.4 is 17.3 Å². The highest BCUT2D eigenvalue weighted by Crippen LogP contribution is 2.26. The third-order valence-electron chi connectivity index (χ3n) is 5.53. The van der Waals surface area contributed by atoms with Crippen molar-refractivity contribution in [3.05, 3.63) is 77.5 Å². The van der Waals surface area contributed by atoms with Gasteiger partial charge in [0.1, 0.15) is 19.1 Å². The lowest BCUT2D eigenvalue weighted by Gasteiger charge is -2.28. The van der Waals surface area contributed by atoms with Crippen LogP contribution in [0.1, 0.15) is 36.5 Å². The van der Waals surface area contributed by atoms with Crippen LogP contribution in [0.5, 0.6) is 0 Å². The Balaban J connectivity index is 0.00000320. The highest BCUT2D eigenvalue weighted by atomic mass is 35.5. The first-order valence-corrected chi connectivity index (χ1v) is 10.6. The molecule has 0 aromatic heterocycles. The van der Waals surface area contributed by atoms with Crippen LogP contribution in [0.25, 0.3) is 5.57 Å². The number of halogens is 1. The summed E-state index contributed by atoms with van der Waals surface area (Å²) in [6, 6.07) is 18.7. The normalized spacial score (nSPS) is 18.9. The minimum atomic E-state index is -0.0450. The Labute approximate surface area is 186 Å². The Morgan fingerprint density at radius 2 is 1.87 bits per heavy atom. The minimum Gasteiger partial charge on any atom is -1.00 e. The number of hydrogen-bond acceptors (Lipinski definition) is 3. The molecule has 2 atom stereocenters. The van der Waals surface area contributed by atoms with Crippen molar-refractivity contribution in [2.45, 2.75) is 26.7 Å². The lowest BCUT2D eigenvalue weighted by atomic mass is 9.95. The van der Waals surface area contributed by atoms with Gasteiger partial charge in [-0.05, 0) is 43.4 Å². The van der Waals surface area contributed by atoms with Crippen LogP contribution in [0.4, 0.5) is 0 Å². The zero-order chi connectivity index (χ0) is 20.5. The van der Waals surface area contributed by atoms with E-state index in [4.69, 9.17) is 9.47 Å². The smallest absolute Gasteiger partial charge is 0.314 e. The maximum Gasteiger partial charge on any atom is 0.314 e. The number of quaternary nitrogens is 1. The fraction of sp³-hybridized carbons (Fsp3) is 0.400. The maximum absolute atomic E-state index is 12.0. The molecule has 1 aliphatic rings. The second kappa shape index (κ2) is 12.4. The molecule has 1 aliphatic heterocycles. The van der Waals surface area contributed by atoms with E-state index in [0.29, 0.717) is 13.2 Å². The topological polar surface area (TPSA) is 40.0 Å². The summed E-state index contributed by atoms with van der Waals surface area (Å²) in [5, 5.41) is 0. The second-order valence-electron chi connectivity index (χ2n) is 7.63. The Bertz CT molecular complexity index is 822. The van der Waals surface area contributed by atoms with Gasteiger partial charge < -0.3 is 26.8 Å². The quantitative estimate of drug-likeness (QED) is 0.372. The van der Waals surface area contributed by atoms with Gasteiger partial charge in [0.2, 0.25) is 0 Å². The molecule has 1 N–H and O–H groups in total. The summed E-state index contributed by atoms with van der Waals surface area (Å²) in [7, 11) is 0. The van der Waals surface area contributed by atoms with E-state index in [9.17, 15) is 4.79 Å². The van der Waals surface area contributed by atoms with Gasteiger partial charge in [-0.3, -0.25) is 4.79 Å². The van der Waals surface area contributed by atoms with Gasteiger partial charge in [-0.15, -0.1) is 0 Å². The van der Waals surface area contributed by atoms with Gasteiger partial charge in [0.15, 0.2) is 0 Å². The van der Waals surface area contributed by atoms with Crippen molar-refractivity contribution in [2.24, 2.45) is 5.92 Å². The number of nitrogens with one attached hydrogen (secondary N) is 1. The summed E-state index contributed by atoms with van der Waals surface area (Å²) in [5.41, 5.74) is 4.66. The van der Waals surface area contributed by atoms with Crippen LogP contribution in [-0.2, 0) is 14.3 Å². The van der Waals surface area contributed by atoms with Gasteiger partial charge in [-0.1, -0.05) is 54.6 Å². The van der Waals surface area contributed by atoms with Crippen molar-refractivity contribution in [3.63, 3.8) is 0 Å². The number of carbonyl (C=O) groups is 1. The molecule has 162 valence electrons. The van der Waals surface area contributed by atoms with Gasteiger partial charge in [0, 0.05) is 5.57 Å². The molecule has 2 aromatic rings. The highest BCUT2D eigenvalue weighted by molar-refractivity contribution is 5.80. The molecule has 2 aromatic carbocycles. The summed E-state index contributed by atoms with van der Waals surface area (Å²) in [5.74, 6) is -0.0162. The van der Waals surface area contributed by atoms with Gasteiger partial charge in [0.25, 0.3) is 0 Å². The minimum absolute atomic E-state index is 0. The summed E-state index contributed by atoms with van der Waals surface area (Å²) in [6.07, 6.45) is 3.89. The summed E-state index contributed by atoms with van der Waals surface area (Å²) in [6.45, 7) is 7.90. The van der Waals surface area contributed by atoms with E-state index < -0.39 is 0 Å². The van der Waals surface area contributed by atoms with E-state index in [1.807, 2.05) is 19.3 Å². The van der Waals surface area contributed by atoms with E-state index in [2.05, 4.69) is 55.5 Å². The molecule has 1 heterocycles. The van der Waals surface area contributed by atoms with Crippen LogP contribution in [0.15, 0.2) is 60.9 Å². The molecule has 30 heavy (non-hydrogen) atoms. The number of carbonyl (C=O) groups excluding carboxylic acids is 1. The predicted octanol–water partition coefficient (Wildman–Crippen LogP) is 0.263. The SMILES string of the molecule is CCOC(=O)[C@@H]1CCC[NH+](CCO/C=C(/c2ccccc2)c2ccccc2C)C1.[Cl-]. The Hall–Kier alpha value is -2.30. The molecule has 1 saturated heterocycles. The van der Waals surface area contributed by atoms with Crippen molar-refractivity contribution in [1.82, 2.24) is 0 Å². The molecule has 0 saturated carbocycles. The second-order valence-corrected chi connectivity index (χ2v) is 7.63. The zero-order valence-electron chi connectivity index (χ0n) is 17.9. The van der Waals surface area contributed by atoms with E-state index >= 15 is 0 Å². The lowest BCUT2D eigenvalue weighted by molar-refractivity contribution is -0.907. The van der Waals surface area contributed by atoms with Gasteiger partial charge in [0.05, 0.1) is 26.0 Å². The fourth-order valence-corrected chi connectivity index (χ4v) is 3.96. The molecule has 1 fully saturated rings. The zero-order valence-corrected chi connectivity index (χ0v) is 18.7. The Kier molecular flexibility index (Phi) is 9.92. The van der Waals surface area contributed by atoms with Crippen molar-refractivity contribution in [2.75, 3.05) is 32.8 Å². The molecule has 5 heteroatoms. The number of esters is 1. The first-order chi connectivity index (χ1) is 14.2. The first-order valence-electron chi connectivity index (χ1n) is 10.6. The van der Waals surface area contributed by atoms with Crippen molar-refractivity contribution < 1.29 is 31.6 Å². The fourth-order valence-electron chi connectivity index (χ4n) is 3.96. The monoisotopic (exact) mass is 429 g/mol.